The third-order valence-electron chi connectivity index (χ3n) is 7.97. The number of fused-ring (bicyclic) bond motifs is 1. The number of carbonyl (C=O) groups is 3. The number of carbonyl (C=O) groups excluding carboxylic acids is 3. The van der Waals surface area contributed by atoms with Gasteiger partial charge >= 0.3 is 0 Å². The van der Waals surface area contributed by atoms with Crippen molar-refractivity contribution in [3.05, 3.63) is 41.0 Å². The molecule has 2 aromatic rings. The molecule has 2 aliphatic carbocycles. The number of likely N-dealkylation sites (tertiary alicyclic amines) is 1. The van der Waals surface area contributed by atoms with Crippen molar-refractivity contribution >= 4 is 40.5 Å². The molecule has 36 heavy (non-hydrogen) atoms. The summed E-state index contributed by atoms with van der Waals surface area (Å²) >= 11 is 7.87. The van der Waals surface area contributed by atoms with Crippen LogP contribution < -0.4 is 5.32 Å². The number of thiophene rings is 1. The average molecular weight is 528 g/mol. The highest BCUT2D eigenvalue weighted by molar-refractivity contribution is 7.17. The first-order valence-electron chi connectivity index (χ1n) is 13.0. The molecule has 190 valence electrons. The second kappa shape index (κ2) is 9.88. The summed E-state index contributed by atoms with van der Waals surface area (Å²) in [5, 5.41) is 2.64. The first-order valence-corrected chi connectivity index (χ1v) is 14.2. The number of rotatable bonds is 6. The number of hydrogen-bond donors (Lipinski definition) is 1. The Morgan fingerprint density at radius 1 is 1.14 bits per heavy atom. The molecule has 6 rings (SSSR count). The summed E-state index contributed by atoms with van der Waals surface area (Å²) in [6.07, 6.45) is 8.70. The minimum absolute atomic E-state index is 0.0156. The van der Waals surface area contributed by atoms with Gasteiger partial charge in [-0.05, 0) is 61.4 Å². The van der Waals surface area contributed by atoms with Crippen LogP contribution in [-0.2, 0) is 14.3 Å². The molecule has 0 radical (unpaired) electrons. The van der Waals surface area contributed by atoms with Crippen molar-refractivity contribution in [2.45, 2.75) is 74.4 Å². The maximum absolute atomic E-state index is 13.8. The molecule has 0 spiro atoms. The first kappa shape index (κ1) is 24.1. The molecule has 1 N–H and O–H groups in total. The number of nitrogens with one attached hydrogen (secondary N) is 1. The van der Waals surface area contributed by atoms with Gasteiger partial charge in [-0.25, -0.2) is 0 Å². The Morgan fingerprint density at radius 2 is 1.94 bits per heavy atom. The van der Waals surface area contributed by atoms with Crippen molar-refractivity contribution < 1.29 is 19.1 Å². The van der Waals surface area contributed by atoms with Crippen LogP contribution >= 0.6 is 22.9 Å². The second-order valence-electron chi connectivity index (χ2n) is 10.5. The van der Waals surface area contributed by atoms with Crippen LogP contribution in [0.1, 0.15) is 66.2 Å². The van der Waals surface area contributed by atoms with Gasteiger partial charge < -0.3 is 15.0 Å². The molecule has 2 amide bonds. The Morgan fingerprint density at radius 3 is 2.72 bits per heavy atom. The number of alkyl halides is 1. The maximum atomic E-state index is 13.8. The van der Waals surface area contributed by atoms with Gasteiger partial charge in [0.2, 0.25) is 5.91 Å². The van der Waals surface area contributed by atoms with Gasteiger partial charge in [-0.2, -0.15) is 0 Å². The SMILES string of the molecule is O=C(NC(C(=O)N1C[C@H](Cl)[C@H]2OCC(=O)[C@H]21)C1CCCCC1)c1ccc(-c2ccnc(C3CC3)c2)s1. The van der Waals surface area contributed by atoms with E-state index in [2.05, 4.69) is 16.4 Å². The largest absolute Gasteiger partial charge is 0.366 e. The van der Waals surface area contributed by atoms with Gasteiger partial charge in [0.15, 0.2) is 5.78 Å². The van der Waals surface area contributed by atoms with Crippen LogP contribution in [-0.4, -0.2) is 64.2 Å². The molecule has 2 aromatic heterocycles. The van der Waals surface area contributed by atoms with E-state index in [1.54, 1.807) is 4.90 Å². The highest BCUT2D eigenvalue weighted by Gasteiger charge is 2.53. The number of Topliss-reactive ketones (excluding diaryl/α,β-unsaturated/α-hetero) is 1. The summed E-state index contributed by atoms with van der Waals surface area (Å²) in [6, 6.07) is 6.54. The van der Waals surface area contributed by atoms with Crippen LogP contribution in [0.5, 0.6) is 0 Å². The fraction of sp³-hybridized carbons (Fsp3) is 0.556. The lowest BCUT2D eigenvalue weighted by atomic mass is 9.83. The number of amides is 2. The average Bonchev–Trinajstić information content (AvgIpc) is 3.35. The van der Waals surface area contributed by atoms with Crippen molar-refractivity contribution in [1.29, 1.82) is 0 Å². The molecule has 4 atom stereocenters. The lowest BCUT2D eigenvalue weighted by Crippen LogP contribution is -2.55. The van der Waals surface area contributed by atoms with Crippen LogP contribution in [0.3, 0.4) is 0 Å². The van der Waals surface area contributed by atoms with Crippen LogP contribution in [0.4, 0.5) is 0 Å². The molecule has 2 saturated heterocycles. The minimum Gasteiger partial charge on any atom is -0.366 e. The molecule has 2 saturated carbocycles. The quantitative estimate of drug-likeness (QED) is 0.570. The van der Waals surface area contributed by atoms with E-state index in [4.69, 9.17) is 16.3 Å². The van der Waals surface area contributed by atoms with Crippen molar-refractivity contribution in [1.82, 2.24) is 15.2 Å². The van der Waals surface area contributed by atoms with E-state index in [-0.39, 0.29) is 36.7 Å². The Labute approximate surface area is 219 Å². The summed E-state index contributed by atoms with van der Waals surface area (Å²) in [6.45, 7) is 0.243. The zero-order chi connectivity index (χ0) is 24.8. The molecule has 4 fully saturated rings. The van der Waals surface area contributed by atoms with Gasteiger partial charge in [-0.1, -0.05) is 19.3 Å². The van der Waals surface area contributed by atoms with E-state index in [9.17, 15) is 14.4 Å². The van der Waals surface area contributed by atoms with E-state index in [0.717, 1.165) is 48.2 Å². The number of pyridine rings is 1. The molecular weight excluding hydrogens is 498 g/mol. The normalized spacial score (nSPS) is 27.2. The Balaban J connectivity index is 1.22. The number of hydrogen-bond acceptors (Lipinski definition) is 6. The maximum Gasteiger partial charge on any atom is 0.262 e. The van der Waals surface area contributed by atoms with E-state index < -0.39 is 23.6 Å². The number of halogens is 1. The summed E-state index contributed by atoms with van der Waals surface area (Å²) < 4.78 is 5.56. The molecule has 7 nitrogen and oxygen atoms in total. The zero-order valence-electron chi connectivity index (χ0n) is 20.0. The van der Waals surface area contributed by atoms with Gasteiger partial charge in [0.05, 0.1) is 10.3 Å². The fourth-order valence-corrected chi connectivity index (χ4v) is 7.15. The van der Waals surface area contributed by atoms with Crippen molar-refractivity contribution in [3.63, 3.8) is 0 Å². The van der Waals surface area contributed by atoms with E-state index in [0.29, 0.717) is 10.8 Å². The number of nitrogens with zero attached hydrogens (tertiary/aromatic N) is 2. The van der Waals surface area contributed by atoms with E-state index in [1.165, 1.54) is 24.2 Å². The second-order valence-corrected chi connectivity index (χ2v) is 12.1. The molecule has 4 heterocycles. The predicted octanol–water partition coefficient (Wildman–Crippen LogP) is 4.15. The van der Waals surface area contributed by atoms with Crippen LogP contribution in [0, 0.1) is 5.92 Å². The topological polar surface area (TPSA) is 88.6 Å². The molecule has 0 aromatic carbocycles. The molecule has 9 heteroatoms. The summed E-state index contributed by atoms with van der Waals surface area (Å²) in [4.78, 5) is 47.3. The summed E-state index contributed by atoms with van der Waals surface area (Å²) in [7, 11) is 0. The van der Waals surface area contributed by atoms with Gasteiger partial charge in [0.25, 0.3) is 5.91 Å². The monoisotopic (exact) mass is 527 g/mol. The lowest BCUT2D eigenvalue weighted by Gasteiger charge is -2.34. The Bertz CT molecular complexity index is 1180. The van der Waals surface area contributed by atoms with Gasteiger partial charge in [-0.15, -0.1) is 22.9 Å². The third kappa shape index (κ3) is 4.59. The van der Waals surface area contributed by atoms with Crippen LogP contribution in [0.25, 0.3) is 10.4 Å². The minimum atomic E-state index is -0.679. The molecule has 1 unspecified atom stereocenters. The first-order chi connectivity index (χ1) is 17.5. The number of ether oxygens (including phenoxy) is 1. The van der Waals surface area contributed by atoms with Crippen molar-refractivity contribution in [3.8, 4) is 10.4 Å². The van der Waals surface area contributed by atoms with E-state index >= 15 is 0 Å². The number of aromatic nitrogens is 1. The van der Waals surface area contributed by atoms with Crippen LogP contribution in [0.2, 0.25) is 0 Å². The molecule has 4 aliphatic rings. The lowest BCUT2D eigenvalue weighted by molar-refractivity contribution is -0.139. The van der Waals surface area contributed by atoms with E-state index in [1.807, 2.05) is 24.4 Å². The highest BCUT2D eigenvalue weighted by Crippen LogP contribution is 2.40. The smallest absolute Gasteiger partial charge is 0.262 e. The fourth-order valence-electron chi connectivity index (χ4n) is 5.88. The summed E-state index contributed by atoms with van der Waals surface area (Å²) in [5.41, 5.74) is 2.17. The standard InChI is InChI=1S/C27H30ClN3O4S/c28-18-13-31(24-20(32)14-35-25(18)24)27(34)23(16-4-2-1-3-5-16)30-26(33)22-9-8-21(36-22)17-10-11-29-19(12-17)15-6-7-15/h8-12,15-16,18,23-25H,1-7,13-14H2,(H,30,33)/t18-,23?,24+,25+/m0/s1. The van der Waals surface area contributed by atoms with Gasteiger partial charge in [0, 0.05) is 29.2 Å². The number of ketones is 1. The molecule has 0 bridgehead atoms. The molecule has 2 aliphatic heterocycles. The molecular formula is C27H30ClN3O4S. The Kier molecular flexibility index (Phi) is 6.60. The van der Waals surface area contributed by atoms with Crippen molar-refractivity contribution in [2.75, 3.05) is 13.2 Å². The Hall–Kier alpha value is -2.29. The van der Waals surface area contributed by atoms with Gasteiger partial charge in [-0.3, -0.25) is 19.4 Å². The van der Waals surface area contributed by atoms with Gasteiger partial charge in [0.1, 0.15) is 24.8 Å². The summed E-state index contributed by atoms with van der Waals surface area (Å²) in [5.74, 6) is 0.0214. The zero-order valence-corrected chi connectivity index (χ0v) is 21.6. The van der Waals surface area contributed by atoms with Crippen molar-refractivity contribution in [2.24, 2.45) is 5.92 Å². The van der Waals surface area contributed by atoms with Crippen LogP contribution in [0.15, 0.2) is 30.5 Å². The predicted molar refractivity (Wildman–Crippen MR) is 137 cm³/mol. The third-order valence-corrected chi connectivity index (χ3v) is 9.49. The highest BCUT2D eigenvalue weighted by atomic mass is 35.5.